The molecule has 1 unspecified atom stereocenters. The summed E-state index contributed by atoms with van der Waals surface area (Å²) in [7, 11) is 0. The molecule has 0 rings (SSSR count). The lowest BCUT2D eigenvalue weighted by Gasteiger charge is -2.14. The Kier molecular flexibility index (Phi) is 9.21. The lowest BCUT2D eigenvalue weighted by Crippen LogP contribution is -2.45. The van der Waals surface area contributed by atoms with E-state index in [1.807, 2.05) is 5.32 Å². The van der Waals surface area contributed by atoms with Gasteiger partial charge in [0.25, 0.3) is 0 Å². The van der Waals surface area contributed by atoms with Crippen LogP contribution in [0.1, 0.15) is 13.3 Å². The van der Waals surface area contributed by atoms with Crippen LogP contribution < -0.4 is 10.6 Å². The summed E-state index contributed by atoms with van der Waals surface area (Å²) >= 11 is 1.61. The first-order valence-corrected chi connectivity index (χ1v) is 6.78. The van der Waals surface area contributed by atoms with Crippen LogP contribution in [0.5, 0.6) is 0 Å². The van der Waals surface area contributed by atoms with E-state index >= 15 is 0 Å². The highest BCUT2D eigenvalue weighted by Crippen LogP contribution is 2.12. The molecule has 0 bridgehead atoms. The molecule has 0 spiro atoms. The van der Waals surface area contributed by atoms with E-state index in [-0.39, 0.29) is 6.61 Å². The van der Waals surface area contributed by atoms with Crippen LogP contribution in [0.25, 0.3) is 0 Å². The number of aliphatic hydroxyl groups excluding tert-OH is 1. The molecule has 0 aliphatic carbocycles. The number of hydrogen-bond donors (Lipinski definition) is 3. The highest BCUT2D eigenvalue weighted by Gasteiger charge is 2.28. The molecule has 0 heterocycles. The van der Waals surface area contributed by atoms with Crippen molar-refractivity contribution in [1.82, 2.24) is 10.6 Å². The zero-order valence-corrected chi connectivity index (χ0v) is 11.0. The van der Waals surface area contributed by atoms with Gasteiger partial charge in [-0.15, -0.1) is 0 Å². The van der Waals surface area contributed by atoms with Crippen molar-refractivity contribution in [3.05, 3.63) is 0 Å². The third-order valence-electron chi connectivity index (χ3n) is 2.00. The minimum absolute atomic E-state index is 0.149. The minimum Gasteiger partial charge on any atom is -0.396 e. The van der Waals surface area contributed by atoms with Gasteiger partial charge in [-0.3, -0.25) is 4.79 Å². The fourth-order valence-electron chi connectivity index (χ4n) is 1.05. The predicted molar refractivity (Wildman–Crippen MR) is 65.6 cm³/mol. The summed E-state index contributed by atoms with van der Waals surface area (Å²) in [6, 6.07) is -0.647. The molecule has 0 saturated heterocycles. The first-order chi connectivity index (χ1) is 8.37. The average molecular weight is 288 g/mol. The Hall–Kier alpha value is -0.470. The SMILES string of the molecule is CC(NCCSCCCO)C(=O)NCC(F)(F)F. The van der Waals surface area contributed by atoms with Gasteiger partial charge in [0.15, 0.2) is 0 Å². The Morgan fingerprint density at radius 2 is 2.06 bits per heavy atom. The van der Waals surface area contributed by atoms with Crippen LogP contribution in [-0.2, 0) is 4.79 Å². The monoisotopic (exact) mass is 288 g/mol. The summed E-state index contributed by atoms with van der Waals surface area (Å²) in [6.45, 7) is 0.903. The average Bonchev–Trinajstić information content (AvgIpc) is 2.29. The maximum Gasteiger partial charge on any atom is 0.405 e. The molecule has 0 fully saturated rings. The van der Waals surface area contributed by atoms with Crippen LogP contribution in [-0.4, -0.2) is 54.4 Å². The molecule has 0 aliphatic heterocycles. The maximum absolute atomic E-state index is 11.8. The van der Waals surface area contributed by atoms with Gasteiger partial charge >= 0.3 is 6.18 Å². The molecule has 0 aromatic heterocycles. The van der Waals surface area contributed by atoms with E-state index < -0.39 is 24.7 Å². The molecule has 3 N–H and O–H groups in total. The van der Waals surface area contributed by atoms with Crippen LogP contribution in [0.4, 0.5) is 13.2 Å². The van der Waals surface area contributed by atoms with Crippen molar-refractivity contribution in [2.24, 2.45) is 0 Å². The fraction of sp³-hybridized carbons (Fsp3) is 0.900. The summed E-state index contributed by atoms with van der Waals surface area (Å²) in [5, 5.41) is 13.2. The van der Waals surface area contributed by atoms with Crippen LogP contribution in [0.2, 0.25) is 0 Å². The number of halogens is 3. The Bertz CT molecular complexity index is 240. The van der Waals surface area contributed by atoms with Crippen LogP contribution >= 0.6 is 11.8 Å². The second-order valence-electron chi connectivity index (χ2n) is 3.70. The van der Waals surface area contributed by atoms with E-state index in [0.29, 0.717) is 13.0 Å². The van der Waals surface area contributed by atoms with Gasteiger partial charge in [-0.2, -0.15) is 24.9 Å². The number of alkyl halides is 3. The van der Waals surface area contributed by atoms with E-state index in [1.54, 1.807) is 11.8 Å². The number of thioether (sulfide) groups is 1. The van der Waals surface area contributed by atoms with Crippen LogP contribution in [0.15, 0.2) is 0 Å². The van der Waals surface area contributed by atoms with Gasteiger partial charge in [0.2, 0.25) is 5.91 Å². The highest BCUT2D eigenvalue weighted by molar-refractivity contribution is 7.99. The fourth-order valence-corrected chi connectivity index (χ4v) is 1.85. The summed E-state index contributed by atoms with van der Waals surface area (Å²) in [4.78, 5) is 11.2. The van der Waals surface area contributed by atoms with Crippen LogP contribution in [0, 0.1) is 0 Å². The number of nitrogens with one attached hydrogen (secondary N) is 2. The Labute approximate surface area is 109 Å². The third-order valence-corrected chi connectivity index (χ3v) is 3.07. The second-order valence-corrected chi connectivity index (χ2v) is 4.92. The van der Waals surface area contributed by atoms with Crippen molar-refractivity contribution in [2.45, 2.75) is 25.6 Å². The van der Waals surface area contributed by atoms with Gasteiger partial charge in [0.05, 0.1) is 6.04 Å². The maximum atomic E-state index is 11.8. The molecule has 0 saturated carbocycles. The molecule has 18 heavy (non-hydrogen) atoms. The van der Waals surface area contributed by atoms with Crippen molar-refractivity contribution < 1.29 is 23.1 Å². The van der Waals surface area contributed by atoms with Crippen molar-refractivity contribution in [3.63, 3.8) is 0 Å². The van der Waals surface area contributed by atoms with Crippen molar-refractivity contribution in [3.8, 4) is 0 Å². The molecular formula is C10H19F3N2O2S. The van der Waals surface area contributed by atoms with Crippen LogP contribution in [0.3, 0.4) is 0 Å². The van der Waals surface area contributed by atoms with E-state index in [0.717, 1.165) is 11.5 Å². The Morgan fingerprint density at radius 1 is 1.39 bits per heavy atom. The van der Waals surface area contributed by atoms with Crippen molar-refractivity contribution >= 4 is 17.7 Å². The quantitative estimate of drug-likeness (QED) is 0.548. The number of aliphatic hydroxyl groups is 1. The Balaban J connectivity index is 3.56. The van der Waals surface area contributed by atoms with Gasteiger partial charge in [0, 0.05) is 18.9 Å². The summed E-state index contributed by atoms with van der Waals surface area (Å²) in [6.07, 6.45) is -3.66. The lowest BCUT2D eigenvalue weighted by atomic mass is 10.3. The standard InChI is InChI=1S/C10H19F3N2O2S/c1-8(9(17)15-7-10(11,12)13)14-3-6-18-5-2-4-16/h8,14,16H,2-7H2,1H3,(H,15,17). The predicted octanol–water partition coefficient (Wildman–Crippen LogP) is 0.759. The zero-order chi connectivity index (χ0) is 14.0. The number of carbonyl (C=O) groups is 1. The molecule has 0 aromatic carbocycles. The second kappa shape index (κ2) is 9.46. The van der Waals surface area contributed by atoms with Crippen molar-refractivity contribution in [2.75, 3.05) is 31.2 Å². The van der Waals surface area contributed by atoms with Gasteiger partial charge in [-0.1, -0.05) is 0 Å². The molecular weight excluding hydrogens is 269 g/mol. The highest BCUT2D eigenvalue weighted by atomic mass is 32.2. The van der Waals surface area contributed by atoms with E-state index in [1.165, 1.54) is 6.92 Å². The molecule has 8 heteroatoms. The molecule has 0 aliphatic rings. The number of amides is 1. The molecule has 108 valence electrons. The molecule has 1 atom stereocenters. The Morgan fingerprint density at radius 3 is 2.61 bits per heavy atom. The molecule has 1 amide bonds. The summed E-state index contributed by atoms with van der Waals surface area (Å²) < 4.78 is 35.5. The van der Waals surface area contributed by atoms with Gasteiger partial charge in [0.1, 0.15) is 6.54 Å². The van der Waals surface area contributed by atoms with Gasteiger partial charge in [-0.05, 0) is 19.1 Å². The topological polar surface area (TPSA) is 61.4 Å². The number of carbonyl (C=O) groups excluding carboxylic acids is 1. The van der Waals surface area contributed by atoms with Gasteiger partial charge < -0.3 is 15.7 Å². The first-order valence-electron chi connectivity index (χ1n) is 5.63. The molecule has 0 radical (unpaired) electrons. The van der Waals surface area contributed by atoms with Gasteiger partial charge in [-0.25, -0.2) is 0 Å². The number of rotatable bonds is 9. The molecule has 0 aromatic rings. The summed E-state index contributed by atoms with van der Waals surface area (Å²) in [5.74, 6) is 0.914. The molecule has 4 nitrogen and oxygen atoms in total. The normalized spacial score (nSPS) is 13.4. The van der Waals surface area contributed by atoms with E-state index in [2.05, 4.69) is 5.32 Å². The summed E-state index contributed by atoms with van der Waals surface area (Å²) in [5.41, 5.74) is 0. The van der Waals surface area contributed by atoms with E-state index in [9.17, 15) is 18.0 Å². The minimum atomic E-state index is -4.38. The zero-order valence-electron chi connectivity index (χ0n) is 10.2. The van der Waals surface area contributed by atoms with E-state index in [4.69, 9.17) is 5.11 Å². The first kappa shape index (κ1) is 17.5. The largest absolute Gasteiger partial charge is 0.405 e. The smallest absolute Gasteiger partial charge is 0.396 e. The number of hydrogen-bond acceptors (Lipinski definition) is 4. The lowest BCUT2D eigenvalue weighted by molar-refractivity contribution is -0.139. The van der Waals surface area contributed by atoms with Crippen molar-refractivity contribution in [1.29, 1.82) is 0 Å². The third kappa shape index (κ3) is 10.7.